The van der Waals surface area contributed by atoms with Crippen LogP contribution in [0.1, 0.15) is 49.6 Å². The average molecular weight is 625 g/mol. The number of alkyl halides is 2. The molecule has 1 unspecified atom stereocenters. The zero-order valence-corrected chi connectivity index (χ0v) is 28.6. The van der Waals surface area contributed by atoms with Crippen molar-refractivity contribution in [1.29, 1.82) is 0 Å². The van der Waals surface area contributed by atoms with Gasteiger partial charge < -0.3 is 22.0 Å². The molecule has 0 aliphatic carbocycles. The van der Waals surface area contributed by atoms with Gasteiger partial charge in [0.2, 0.25) is 0 Å². The first kappa shape index (κ1) is 38.1. The molecule has 168 valence electrons. The molecule has 0 amide bonds. The van der Waals surface area contributed by atoms with Crippen LogP contribution in [0.15, 0.2) is 48.5 Å². The smallest absolute Gasteiger partial charge is 1.00 e. The minimum atomic E-state index is -0.181. The largest absolute Gasteiger partial charge is 1.00 e. The third-order valence-corrected chi connectivity index (χ3v) is 5.25. The van der Waals surface area contributed by atoms with E-state index in [0.29, 0.717) is 5.56 Å². The van der Waals surface area contributed by atoms with E-state index < -0.39 is 0 Å². The first-order chi connectivity index (χ1) is 14.4. The van der Waals surface area contributed by atoms with E-state index in [1.807, 2.05) is 0 Å². The van der Waals surface area contributed by atoms with Crippen LogP contribution in [-0.4, -0.2) is 29.9 Å². The molecule has 1 fully saturated rings. The molecule has 1 atom stereocenters. The van der Waals surface area contributed by atoms with Crippen molar-refractivity contribution in [2.24, 2.45) is 0 Å². The Balaban J connectivity index is -0.000000173. The molecule has 0 aromatic heterocycles. The quantitative estimate of drug-likeness (QED) is 0.106. The molecule has 0 spiro atoms. The Kier molecular flexibility index (Phi) is 30.5. The number of phenols is 1. The fourth-order valence-corrected chi connectivity index (χ4v) is 3.02. The number of hydrogen-bond donors (Lipinski definition) is 2. The van der Waals surface area contributed by atoms with Crippen LogP contribution in [-0.2, 0) is 20.3 Å². The molecule has 1 saturated heterocycles. The van der Waals surface area contributed by atoms with Gasteiger partial charge in [0.1, 0.15) is 5.75 Å². The maximum atomic E-state index is 10.7. The van der Waals surface area contributed by atoms with Crippen molar-refractivity contribution in [2.45, 2.75) is 43.4 Å². The number of hydrogen-bond acceptors (Lipinski definition) is 6. The van der Waals surface area contributed by atoms with Crippen molar-refractivity contribution >= 4 is 44.1 Å². The van der Waals surface area contributed by atoms with E-state index in [0.717, 1.165) is 16.7 Å². The number of benzene rings is 2. The molecule has 1 aliphatic rings. The molecule has 10 heteroatoms. The van der Waals surface area contributed by atoms with Gasteiger partial charge in [-0.15, -0.1) is 0 Å². The summed E-state index contributed by atoms with van der Waals surface area (Å²) in [5, 5.41) is 22.5. The summed E-state index contributed by atoms with van der Waals surface area (Å²) in [6.07, 6.45) is 2.75. The van der Waals surface area contributed by atoms with Gasteiger partial charge in [-0.1, -0.05) is 56.1 Å². The van der Waals surface area contributed by atoms with E-state index in [1.165, 1.54) is 49.6 Å². The van der Waals surface area contributed by atoms with Gasteiger partial charge in [0.15, 0.2) is 5.78 Å². The van der Waals surface area contributed by atoms with Crippen LogP contribution in [0.25, 0.3) is 0 Å². The van der Waals surface area contributed by atoms with Gasteiger partial charge in [0.25, 0.3) is 6.47 Å². The van der Waals surface area contributed by atoms with Crippen LogP contribution in [0.4, 0.5) is 0 Å². The van der Waals surface area contributed by atoms with Gasteiger partial charge in [0.05, 0.1) is 0 Å². The number of phenolic OH excluding ortho intramolecular Hbond substituents is 1. The predicted molar refractivity (Wildman–Crippen MR) is 125 cm³/mol. The first-order valence-electron chi connectivity index (χ1n) is 9.33. The fourth-order valence-electron chi connectivity index (χ4n) is 2.27. The zero-order chi connectivity index (χ0) is 22.8. The Hall–Kier alpha value is 1.53. The summed E-state index contributed by atoms with van der Waals surface area (Å²) < 4.78 is 0. The molecule has 0 bridgehead atoms. The van der Waals surface area contributed by atoms with E-state index in [1.54, 1.807) is 12.1 Å². The van der Waals surface area contributed by atoms with Gasteiger partial charge in [-0.3, -0.25) is 9.59 Å². The molecule has 0 saturated carbocycles. The van der Waals surface area contributed by atoms with Gasteiger partial charge in [-0.2, -0.15) is 0 Å². The minimum absolute atomic E-state index is 0. The van der Waals surface area contributed by atoms with Crippen molar-refractivity contribution in [3.05, 3.63) is 65.2 Å². The van der Waals surface area contributed by atoms with Crippen molar-refractivity contribution in [3.63, 3.8) is 0 Å². The second kappa shape index (κ2) is 25.6. The van der Waals surface area contributed by atoms with Gasteiger partial charge in [-0.05, 0) is 68.6 Å². The second-order valence-corrected chi connectivity index (χ2v) is 7.50. The van der Waals surface area contributed by atoms with Crippen LogP contribution < -0.4 is 113 Å². The van der Waals surface area contributed by atoms with Crippen LogP contribution >= 0.6 is 31.9 Å². The van der Waals surface area contributed by atoms with Crippen molar-refractivity contribution < 1.29 is 129 Å². The van der Waals surface area contributed by atoms with Crippen LogP contribution in [0, 0.1) is 0 Å². The topological polar surface area (TPSA) is 98.7 Å². The summed E-state index contributed by atoms with van der Waals surface area (Å²) in [4.78, 5) is 21.9. The van der Waals surface area contributed by atoms with Crippen molar-refractivity contribution in [3.8, 4) is 5.75 Å². The van der Waals surface area contributed by atoms with E-state index in [2.05, 4.69) is 73.3 Å². The number of rotatable bonds is 4. The molecule has 0 radical (unpaired) electrons. The Morgan fingerprint density at radius 1 is 1.12 bits per heavy atom. The fraction of sp³-hybridized carbons (Fsp3) is 0.364. The Morgan fingerprint density at radius 3 is 1.78 bits per heavy atom. The van der Waals surface area contributed by atoms with E-state index in [9.17, 15) is 4.79 Å². The molecule has 32 heavy (non-hydrogen) atoms. The standard InChI is InChI=1S/C8H8Br2.C8H8O2.C5H11N.CH2O3.2K.H/c9-5-7-1-2-8(6-10)4-3-7;1-6(9)7-2-4-8(10)5-3-7;1-5-3-2-4-6-5;2-1-4-3;;;/h1-4H,5-6H2;2-5,10H,1H3;5-6H,2-4H2,1H3;1,3H;;;/q;;;;2*+1;-1/p-1. The second-order valence-electron chi connectivity index (χ2n) is 6.38. The number of Topliss-reactive ketones (excluding diaryl/α,β-unsaturated/α-hetero) is 1. The summed E-state index contributed by atoms with van der Waals surface area (Å²) in [6, 6.07) is 15.5. The molecule has 1 heterocycles. The van der Waals surface area contributed by atoms with Crippen LogP contribution in [0.2, 0.25) is 0 Å². The van der Waals surface area contributed by atoms with Crippen molar-refractivity contribution in [1.82, 2.24) is 5.32 Å². The molecule has 3 rings (SSSR count). The Morgan fingerprint density at radius 2 is 1.56 bits per heavy atom. The van der Waals surface area contributed by atoms with Gasteiger partial charge >= 0.3 is 103 Å². The first-order valence-corrected chi connectivity index (χ1v) is 11.6. The molecular formula is C22H29Br2K2NO5. The van der Waals surface area contributed by atoms with Crippen LogP contribution in [0.5, 0.6) is 5.75 Å². The summed E-state index contributed by atoms with van der Waals surface area (Å²) >= 11 is 6.78. The number of halogens is 2. The predicted octanol–water partition coefficient (Wildman–Crippen LogP) is -1.62. The van der Waals surface area contributed by atoms with Gasteiger partial charge in [0, 0.05) is 22.3 Å². The normalized spacial score (nSPS) is 13.1. The molecular weight excluding hydrogens is 596 g/mol. The number of carbonyl (C=O) groups is 2. The number of ketones is 1. The van der Waals surface area contributed by atoms with E-state index in [-0.39, 0.29) is 122 Å². The molecule has 1 aliphatic heterocycles. The SMILES string of the molecule is BrCc1ccc(CBr)cc1.CC(=O)c1ccc(O)cc1.CC1CCCN1.O=CO[O-].[H-].[K+].[K+]. The molecule has 6 nitrogen and oxygen atoms in total. The third-order valence-electron chi connectivity index (χ3n) is 3.95. The summed E-state index contributed by atoms with van der Waals surface area (Å²) in [5.74, 6) is 0.199. The summed E-state index contributed by atoms with van der Waals surface area (Å²) in [7, 11) is 0. The zero-order valence-electron chi connectivity index (χ0n) is 20.1. The number of aromatic hydroxyl groups is 1. The Labute approximate surface area is 294 Å². The number of nitrogens with one attached hydrogen (secondary N) is 1. The summed E-state index contributed by atoms with van der Waals surface area (Å²) in [5.41, 5.74) is 3.27. The monoisotopic (exact) mass is 623 g/mol. The van der Waals surface area contributed by atoms with E-state index in [4.69, 9.17) is 15.2 Å². The summed E-state index contributed by atoms with van der Waals surface area (Å²) in [6.45, 7) is 4.78. The van der Waals surface area contributed by atoms with E-state index >= 15 is 0 Å². The van der Waals surface area contributed by atoms with Crippen LogP contribution in [0.3, 0.4) is 0 Å². The average Bonchev–Trinajstić information content (AvgIpc) is 3.26. The third kappa shape index (κ3) is 20.9. The molecule has 2 N–H and O–H groups in total. The maximum absolute atomic E-state index is 10.7. The van der Waals surface area contributed by atoms with Crippen molar-refractivity contribution in [2.75, 3.05) is 6.54 Å². The molecule has 2 aromatic carbocycles. The minimum Gasteiger partial charge on any atom is -1.00 e. The Bertz CT molecular complexity index is 697. The van der Waals surface area contributed by atoms with Gasteiger partial charge in [-0.25, -0.2) is 0 Å². The maximum Gasteiger partial charge on any atom is 1.00 e. The number of carbonyl (C=O) groups excluding carboxylic acids is 2. The molecule has 2 aromatic rings.